The van der Waals surface area contributed by atoms with Gasteiger partial charge >= 0.3 is 0 Å². The minimum absolute atomic E-state index is 0.0385. The maximum atomic E-state index is 12.9. The Hall–Kier alpha value is -2.09. The molecule has 0 bridgehead atoms. The van der Waals surface area contributed by atoms with Crippen molar-refractivity contribution in [3.63, 3.8) is 0 Å². The van der Waals surface area contributed by atoms with Crippen LogP contribution in [0.25, 0.3) is 0 Å². The summed E-state index contributed by atoms with van der Waals surface area (Å²) in [7, 11) is 2.15. The number of amides is 1. The average Bonchev–Trinajstić information content (AvgIpc) is 3.31. The van der Waals surface area contributed by atoms with Crippen molar-refractivity contribution < 1.29 is 9.53 Å². The van der Waals surface area contributed by atoms with E-state index in [-0.39, 0.29) is 5.91 Å². The summed E-state index contributed by atoms with van der Waals surface area (Å²) >= 11 is 1.71. The quantitative estimate of drug-likeness (QED) is 0.687. The lowest BCUT2D eigenvalue weighted by molar-refractivity contribution is 0.0947. The molecule has 2 aromatic rings. The minimum atomic E-state index is -0.0385. The smallest absolute Gasteiger partial charge is 0.252 e. The Labute approximate surface area is 183 Å². The van der Waals surface area contributed by atoms with Crippen molar-refractivity contribution in [1.82, 2.24) is 15.2 Å². The monoisotopic (exact) mass is 426 g/mol. The number of nitrogens with zero attached hydrogens (tertiary/aromatic N) is 3. The van der Waals surface area contributed by atoms with Gasteiger partial charge in [-0.1, -0.05) is 12.1 Å². The first-order valence-electron chi connectivity index (χ1n) is 10.7. The third-order valence-corrected chi connectivity index (χ3v) is 6.88. The zero-order valence-electron chi connectivity index (χ0n) is 17.5. The van der Waals surface area contributed by atoms with Gasteiger partial charge < -0.3 is 19.9 Å². The second kappa shape index (κ2) is 10.3. The lowest BCUT2D eigenvalue weighted by atomic mass is 10.2. The van der Waals surface area contributed by atoms with Crippen LogP contribution >= 0.6 is 11.8 Å². The topological polar surface area (TPSA) is 57.7 Å². The largest absolute Gasteiger partial charge is 0.377 e. The molecule has 2 aliphatic heterocycles. The third kappa shape index (κ3) is 5.53. The van der Waals surface area contributed by atoms with Crippen LogP contribution in [0.4, 0.5) is 5.82 Å². The van der Waals surface area contributed by atoms with Crippen LogP contribution < -0.4 is 10.2 Å². The van der Waals surface area contributed by atoms with E-state index in [4.69, 9.17) is 4.74 Å². The molecular formula is C23H30N4O2S. The minimum Gasteiger partial charge on any atom is -0.377 e. The maximum absolute atomic E-state index is 12.9. The SMILES string of the molecule is CN1CCN(c2cc(CNC(=O)c3ccccc3SCC3CCCO3)ccn2)CC1. The standard InChI is InChI=1S/C23H30N4O2S/c1-26-10-12-27(13-11-26)22-15-18(8-9-24-22)16-25-23(28)20-6-2-3-7-21(20)30-17-19-5-4-14-29-19/h2-3,6-9,15,19H,4-5,10-14,16-17H2,1H3,(H,25,28). The number of hydrogen-bond donors (Lipinski definition) is 1. The molecule has 30 heavy (non-hydrogen) atoms. The molecule has 0 spiro atoms. The number of piperazine rings is 1. The highest BCUT2D eigenvalue weighted by atomic mass is 32.2. The summed E-state index contributed by atoms with van der Waals surface area (Å²) < 4.78 is 5.71. The molecule has 7 heteroatoms. The number of benzene rings is 1. The van der Waals surface area contributed by atoms with E-state index in [1.54, 1.807) is 11.8 Å². The number of hydrogen-bond acceptors (Lipinski definition) is 6. The van der Waals surface area contributed by atoms with Gasteiger partial charge in [0, 0.05) is 56.2 Å². The summed E-state index contributed by atoms with van der Waals surface area (Å²) in [5, 5.41) is 3.08. The number of aromatic nitrogens is 1. The highest BCUT2D eigenvalue weighted by molar-refractivity contribution is 7.99. The van der Waals surface area contributed by atoms with Crippen LogP contribution in [0.1, 0.15) is 28.8 Å². The molecule has 0 radical (unpaired) electrons. The summed E-state index contributed by atoms with van der Waals surface area (Å²) in [5.41, 5.74) is 1.80. The Morgan fingerprint density at radius 3 is 2.87 bits per heavy atom. The van der Waals surface area contributed by atoms with Crippen LogP contribution in [0, 0.1) is 0 Å². The first kappa shape index (κ1) is 21.2. The summed E-state index contributed by atoms with van der Waals surface area (Å²) in [6.07, 6.45) is 4.38. The van der Waals surface area contributed by atoms with Gasteiger partial charge in [0.1, 0.15) is 5.82 Å². The average molecular weight is 427 g/mol. The summed E-state index contributed by atoms with van der Waals surface area (Å²) in [4.78, 5) is 23.0. The van der Waals surface area contributed by atoms with E-state index < -0.39 is 0 Å². The van der Waals surface area contributed by atoms with Gasteiger partial charge in [-0.05, 0) is 49.7 Å². The Kier molecular flexibility index (Phi) is 7.25. The molecule has 1 atom stereocenters. The molecule has 1 aromatic carbocycles. The molecule has 1 amide bonds. The Bertz CT molecular complexity index is 849. The first-order valence-corrected chi connectivity index (χ1v) is 11.7. The zero-order chi connectivity index (χ0) is 20.8. The normalized spacial score (nSPS) is 19.8. The Morgan fingerprint density at radius 2 is 2.07 bits per heavy atom. The van der Waals surface area contributed by atoms with E-state index in [1.165, 1.54) is 0 Å². The predicted octanol–water partition coefficient (Wildman–Crippen LogP) is 3.03. The van der Waals surface area contributed by atoms with E-state index >= 15 is 0 Å². The molecule has 2 aliphatic rings. The molecule has 4 rings (SSSR count). The third-order valence-electron chi connectivity index (χ3n) is 5.67. The van der Waals surface area contributed by atoms with Crippen LogP contribution in [-0.4, -0.2) is 67.5 Å². The van der Waals surface area contributed by atoms with Gasteiger partial charge in [0.05, 0.1) is 11.7 Å². The van der Waals surface area contributed by atoms with Crippen LogP contribution in [0.15, 0.2) is 47.5 Å². The summed E-state index contributed by atoms with van der Waals surface area (Å²) in [5.74, 6) is 1.84. The summed E-state index contributed by atoms with van der Waals surface area (Å²) in [6, 6.07) is 11.9. The molecular weight excluding hydrogens is 396 g/mol. The van der Waals surface area contributed by atoms with Gasteiger partial charge in [-0.3, -0.25) is 4.79 Å². The summed E-state index contributed by atoms with van der Waals surface area (Å²) in [6.45, 7) is 5.40. The molecule has 0 saturated carbocycles. The molecule has 2 saturated heterocycles. The van der Waals surface area contributed by atoms with Crippen molar-refractivity contribution >= 4 is 23.5 Å². The lowest BCUT2D eigenvalue weighted by Gasteiger charge is -2.33. The lowest BCUT2D eigenvalue weighted by Crippen LogP contribution is -2.44. The fourth-order valence-corrected chi connectivity index (χ4v) is 4.91. The molecule has 6 nitrogen and oxygen atoms in total. The van der Waals surface area contributed by atoms with Gasteiger partial charge in [0.25, 0.3) is 5.91 Å². The Balaban J connectivity index is 1.35. The molecule has 1 N–H and O–H groups in total. The van der Waals surface area contributed by atoms with E-state index in [0.717, 1.165) is 73.2 Å². The highest BCUT2D eigenvalue weighted by Gasteiger charge is 2.18. The van der Waals surface area contributed by atoms with Gasteiger partial charge in [-0.2, -0.15) is 0 Å². The number of ether oxygens (including phenoxy) is 1. The molecule has 2 fully saturated rings. The second-order valence-corrected chi connectivity index (χ2v) is 9.00. The van der Waals surface area contributed by atoms with E-state index in [0.29, 0.717) is 12.6 Å². The van der Waals surface area contributed by atoms with Gasteiger partial charge in [0.15, 0.2) is 0 Å². The predicted molar refractivity (Wildman–Crippen MR) is 121 cm³/mol. The van der Waals surface area contributed by atoms with Gasteiger partial charge in [-0.15, -0.1) is 11.8 Å². The van der Waals surface area contributed by atoms with Crippen LogP contribution in [0.2, 0.25) is 0 Å². The number of likely N-dealkylation sites (N-methyl/N-ethyl adjacent to an activating group) is 1. The van der Waals surface area contributed by atoms with Crippen molar-refractivity contribution in [3.05, 3.63) is 53.7 Å². The van der Waals surface area contributed by atoms with Gasteiger partial charge in [0.2, 0.25) is 0 Å². The highest BCUT2D eigenvalue weighted by Crippen LogP contribution is 2.27. The van der Waals surface area contributed by atoms with E-state index in [2.05, 4.69) is 33.2 Å². The number of pyridine rings is 1. The maximum Gasteiger partial charge on any atom is 0.252 e. The van der Waals surface area contributed by atoms with Gasteiger partial charge in [-0.25, -0.2) is 4.98 Å². The molecule has 1 unspecified atom stereocenters. The van der Waals surface area contributed by atoms with Crippen molar-refractivity contribution in [2.45, 2.75) is 30.4 Å². The number of anilines is 1. The Morgan fingerprint density at radius 1 is 1.23 bits per heavy atom. The van der Waals surface area contributed by atoms with Crippen molar-refractivity contribution in [2.24, 2.45) is 0 Å². The van der Waals surface area contributed by atoms with Crippen LogP contribution in [0.5, 0.6) is 0 Å². The number of nitrogens with one attached hydrogen (secondary N) is 1. The van der Waals surface area contributed by atoms with Crippen LogP contribution in [-0.2, 0) is 11.3 Å². The van der Waals surface area contributed by atoms with E-state index in [9.17, 15) is 4.79 Å². The molecule has 3 heterocycles. The number of rotatable bonds is 7. The molecule has 160 valence electrons. The fraction of sp³-hybridized carbons (Fsp3) is 0.478. The second-order valence-electron chi connectivity index (χ2n) is 7.94. The number of carbonyl (C=O) groups is 1. The van der Waals surface area contributed by atoms with Crippen LogP contribution in [0.3, 0.4) is 0 Å². The van der Waals surface area contributed by atoms with E-state index in [1.807, 2.05) is 36.5 Å². The molecule has 0 aliphatic carbocycles. The first-order chi connectivity index (χ1) is 14.7. The van der Waals surface area contributed by atoms with Crippen molar-refractivity contribution in [2.75, 3.05) is 50.5 Å². The van der Waals surface area contributed by atoms with Crippen molar-refractivity contribution in [3.8, 4) is 0 Å². The zero-order valence-corrected chi connectivity index (χ0v) is 18.4. The fourth-order valence-electron chi connectivity index (χ4n) is 3.80. The number of carbonyl (C=O) groups excluding carboxylic acids is 1. The number of thioether (sulfide) groups is 1. The van der Waals surface area contributed by atoms with Crippen molar-refractivity contribution in [1.29, 1.82) is 0 Å². The molecule has 1 aromatic heterocycles.